The lowest BCUT2D eigenvalue weighted by Gasteiger charge is -2.19. The first-order chi connectivity index (χ1) is 11.6. The molecule has 4 rings (SSSR count). The Labute approximate surface area is 141 Å². The van der Waals surface area contributed by atoms with E-state index in [1.54, 1.807) is 16.9 Å². The van der Waals surface area contributed by atoms with E-state index in [9.17, 15) is 4.79 Å². The number of rotatable bonds is 3. The molecular formula is C17H22N6O. The van der Waals surface area contributed by atoms with Crippen LogP contribution in [-0.4, -0.2) is 63.7 Å². The fraction of sp³-hybridized carbons (Fsp3) is 0.471. The van der Waals surface area contributed by atoms with Crippen LogP contribution in [0.1, 0.15) is 5.69 Å². The first kappa shape index (κ1) is 15.1. The molecule has 2 atom stereocenters. The van der Waals surface area contributed by atoms with Gasteiger partial charge in [0.1, 0.15) is 0 Å². The van der Waals surface area contributed by atoms with Gasteiger partial charge in [-0.25, -0.2) is 9.67 Å². The number of amides is 1. The van der Waals surface area contributed by atoms with Crippen molar-refractivity contribution < 1.29 is 4.79 Å². The molecule has 2 aromatic rings. The minimum Gasteiger partial charge on any atom is -0.397 e. The number of likely N-dealkylation sites (tertiary alicyclic amines) is 2. The molecule has 7 nitrogen and oxygen atoms in total. The summed E-state index contributed by atoms with van der Waals surface area (Å²) in [5, 5.41) is 4.17. The molecule has 2 aliphatic rings. The normalized spacial score (nSPS) is 23.6. The Morgan fingerprint density at radius 2 is 2.00 bits per heavy atom. The number of aromatic nitrogens is 3. The molecule has 126 valence electrons. The molecule has 7 heteroatoms. The topological polar surface area (TPSA) is 80.3 Å². The molecule has 0 aliphatic carbocycles. The van der Waals surface area contributed by atoms with Crippen LogP contribution in [-0.2, 0) is 11.2 Å². The van der Waals surface area contributed by atoms with E-state index < -0.39 is 0 Å². The predicted octanol–water partition coefficient (Wildman–Crippen LogP) is 0.412. The fourth-order valence-electron chi connectivity index (χ4n) is 3.86. The Bertz CT molecular complexity index is 730. The molecule has 1 amide bonds. The van der Waals surface area contributed by atoms with Gasteiger partial charge in [-0.3, -0.25) is 4.79 Å². The van der Waals surface area contributed by atoms with Crippen molar-refractivity contribution in [2.75, 3.05) is 39.0 Å². The lowest BCUT2D eigenvalue weighted by molar-refractivity contribution is -0.129. The number of nitrogen functional groups attached to an aromatic ring is 1. The van der Waals surface area contributed by atoms with E-state index in [2.05, 4.69) is 22.0 Å². The third kappa shape index (κ3) is 2.75. The quantitative estimate of drug-likeness (QED) is 0.884. The van der Waals surface area contributed by atoms with Crippen LogP contribution in [0.5, 0.6) is 0 Å². The van der Waals surface area contributed by atoms with E-state index in [1.807, 2.05) is 23.2 Å². The van der Waals surface area contributed by atoms with Gasteiger partial charge in [-0.05, 0) is 37.1 Å². The van der Waals surface area contributed by atoms with Crippen molar-refractivity contribution >= 4 is 11.6 Å². The third-order valence-corrected chi connectivity index (χ3v) is 5.07. The highest BCUT2D eigenvalue weighted by molar-refractivity contribution is 5.80. The van der Waals surface area contributed by atoms with Gasteiger partial charge in [0.25, 0.3) is 0 Å². The molecule has 0 saturated carbocycles. The molecule has 2 unspecified atom stereocenters. The molecule has 0 aromatic carbocycles. The Morgan fingerprint density at radius 3 is 2.67 bits per heavy atom. The van der Waals surface area contributed by atoms with E-state index >= 15 is 0 Å². The van der Waals surface area contributed by atoms with Gasteiger partial charge in [0.2, 0.25) is 5.91 Å². The van der Waals surface area contributed by atoms with Crippen molar-refractivity contribution in [2.24, 2.45) is 11.8 Å². The van der Waals surface area contributed by atoms with Crippen LogP contribution in [0.15, 0.2) is 30.6 Å². The van der Waals surface area contributed by atoms with Crippen molar-refractivity contribution in [3.63, 3.8) is 0 Å². The van der Waals surface area contributed by atoms with Gasteiger partial charge in [-0.2, -0.15) is 5.10 Å². The fourth-order valence-corrected chi connectivity index (χ4v) is 3.86. The van der Waals surface area contributed by atoms with E-state index in [1.165, 1.54) is 0 Å². The SMILES string of the molecule is CN1CC2CN(C(=O)Cc3nc(-n4cccn4)ccc3N)CC2C1. The first-order valence-corrected chi connectivity index (χ1v) is 8.32. The number of nitrogens with zero attached hydrogens (tertiary/aromatic N) is 5. The zero-order valence-corrected chi connectivity index (χ0v) is 13.8. The monoisotopic (exact) mass is 326 g/mol. The molecule has 0 spiro atoms. The third-order valence-electron chi connectivity index (χ3n) is 5.07. The summed E-state index contributed by atoms with van der Waals surface area (Å²) < 4.78 is 1.67. The second kappa shape index (κ2) is 5.90. The summed E-state index contributed by atoms with van der Waals surface area (Å²) in [6.07, 6.45) is 3.77. The molecule has 2 fully saturated rings. The maximum atomic E-state index is 12.7. The summed E-state index contributed by atoms with van der Waals surface area (Å²) in [7, 11) is 2.15. The van der Waals surface area contributed by atoms with Crippen LogP contribution in [0.4, 0.5) is 5.69 Å². The van der Waals surface area contributed by atoms with Crippen LogP contribution in [0.2, 0.25) is 0 Å². The van der Waals surface area contributed by atoms with Gasteiger partial charge in [0, 0.05) is 38.6 Å². The summed E-state index contributed by atoms with van der Waals surface area (Å²) in [4.78, 5) is 21.5. The number of carbonyl (C=O) groups is 1. The molecule has 24 heavy (non-hydrogen) atoms. The molecule has 2 N–H and O–H groups in total. The van der Waals surface area contributed by atoms with Gasteiger partial charge in [-0.1, -0.05) is 0 Å². The van der Waals surface area contributed by atoms with Crippen molar-refractivity contribution in [2.45, 2.75) is 6.42 Å². The number of nitrogens with two attached hydrogens (primary N) is 1. The Morgan fingerprint density at radius 1 is 1.25 bits per heavy atom. The number of fused-ring (bicyclic) bond motifs is 1. The Balaban J connectivity index is 1.47. The second-order valence-electron chi connectivity index (χ2n) is 6.87. The van der Waals surface area contributed by atoms with Crippen molar-refractivity contribution in [1.82, 2.24) is 24.6 Å². The summed E-state index contributed by atoms with van der Waals surface area (Å²) >= 11 is 0. The van der Waals surface area contributed by atoms with E-state index in [4.69, 9.17) is 5.73 Å². The number of anilines is 1. The lowest BCUT2D eigenvalue weighted by Crippen LogP contribution is -2.33. The van der Waals surface area contributed by atoms with Crippen LogP contribution in [0, 0.1) is 11.8 Å². The minimum atomic E-state index is 0.115. The van der Waals surface area contributed by atoms with E-state index in [-0.39, 0.29) is 12.3 Å². The molecule has 0 radical (unpaired) electrons. The predicted molar refractivity (Wildman–Crippen MR) is 90.5 cm³/mol. The molecule has 2 saturated heterocycles. The highest BCUT2D eigenvalue weighted by atomic mass is 16.2. The summed E-state index contributed by atoms with van der Waals surface area (Å²) in [6.45, 7) is 3.88. The molecule has 4 heterocycles. The number of hydrogen-bond donors (Lipinski definition) is 1. The van der Waals surface area contributed by atoms with Crippen LogP contribution in [0.25, 0.3) is 5.82 Å². The highest BCUT2D eigenvalue weighted by Gasteiger charge is 2.40. The van der Waals surface area contributed by atoms with Crippen molar-refractivity contribution in [1.29, 1.82) is 0 Å². The van der Waals surface area contributed by atoms with Crippen molar-refractivity contribution in [3.05, 3.63) is 36.3 Å². The standard InChI is InChI=1S/C17H22N6O/c1-21-8-12-10-22(11-13(12)9-21)17(24)7-15-14(18)3-4-16(20-15)23-6-2-5-19-23/h2-6,12-13H,7-11,18H2,1H3. The average molecular weight is 326 g/mol. The largest absolute Gasteiger partial charge is 0.397 e. The van der Waals surface area contributed by atoms with Crippen LogP contribution in [0.3, 0.4) is 0 Å². The van der Waals surface area contributed by atoms with Gasteiger partial charge in [0.05, 0.1) is 17.8 Å². The maximum Gasteiger partial charge on any atom is 0.228 e. The van der Waals surface area contributed by atoms with E-state index in [0.29, 0.717) is 29.0 Å². The molecule has 2 aliphatic heterocycles. The molecule has 2 aromatic heterocycles. The summed E-state index contributed by atoms with van der Waals surface area (Å²) in [6, 6.07) is 5.44. The molecular weight excluding hydrogens is 304 g/mol. The smallest absolute Gasteiger partial charge is 0.228 e. The first-order valence-electron chi connectivity index (χ1n) is 8.32. The van der Waals surface area contributed by atoms with Gasteiger partial charge < -0.3 is 15.5 Å². The highest BCUT2D eigenvalue weighted by Crippen LogP contribution is 2.30. The van der Waals surface area contributed by atoms with Crippen LogP contribution >= 0.6 is 0 Å². The van der Waals surface area contributed by atoms with Gasteiger partial charge in [-0.15, -0.1) is 0 Å². The minimum absolute atomic E-state index is 0.115. The van der Waals surface area contributed by atoms with Gasteiger partial charge in [0.15, 0.2) is 5.82 Å². The molecule has 0 bridgehead atoms. The number of hydrogen-bond acceptors (Lipinski definition) is 5. The maximum absolute atomic E-state index is 12.7. The number of carbonyl (C=O) groups excluding carboxylic acids is 1. The Hall–Kier alpha value is -2.41. The Kier molecular flexibility index (Phi) is 3.72. The zero-order chi connectivity index (χ0) is 16.7. The van der Waals surface area contributed by atoms with Gasteiger partial charge >= 0.3 is 0 Å². The zero-order valence-electron chi connectivity index (χ0n) is 13.8. The van der Waals surface area contributed by atoms with Crippen molar-refractivity contribution in [3.8, 4) is 5.82 Å². The summed E-state index contributed by atoms with van der Waals surface area (Å²) in [5.74, 6) is 2.01. The lowest BCUT2D eigenvalue weighted by atomic mass is 10.0. The average Bonchev–Trinajstić information content (AvgIpc) is 3.25. The number of pyridine rings is 1. The van der Waals surface area contributed by atoms with Crippen LogP contribution < -0.4 is 5.73 Å². The second-order valence-corrected chi connectivity index (χ2v) is 6.87. The summed E-state index contributed by atoms with van der Waals surface area (Å²) in [5.41, 5.74) is 7.21. The van der Waals surface area contributed by atoms with E-state index in [0.717, 1.165) is 26.2 Å².